The highest BCUT2D eigenvalue weighted by atomic mass is 16.3. The number of aryl methyl sites for hydroxylation is 2. The maximum atomic E-state index is 10.6. The fraction of sp³-hybridized carbons (Fsp3) is 0.278. The molecule has 216 valence electrons. The van der Waals surface area contributed by atoms with E-state index in [1.807, 2.05) is 148 Å². The minimum Gasteiger partial charge on any atom is -0.505 e. The molecule has 0 saturated heterocycles. The molecule has 41 heavy (non-hydrogen) atoms. The molecular weight excluding hydrogens is 504 g/mol. The molecule has 5 heteroatoms. The van der Waals surface area contributed by atoms with Crippen molar-refractivity contribution in [2.24, 2.45) is 20.5 Å². The molecule has 0 aliphatic rings. The average Bonchev–Trinajstić information content (AvgIpc) is 3.04. The Kier molecular flexibility index (Phi) is 15.9. The summed E-state index contributed by atoms with van der Waals surface area (Å²) in [5.74, 6) is 0.126. The number of fused-ring (bicyclic) bond motifs is 2. The molecule has 0 bridgehead atoms. The second-order valence-electron chi connectivity index (χ2n) is 8.05. The molecule has 0 aliphatic heterocycles. The van der Waals surface area contributed by atoms with Crippen LogP contribution >= 0.6 is 0 Å². The van der Waals surface area contributed by atoms with E-state index in [9.17, 15) is 5.11 Å². The highest BCUT2D eigenvalue weighted by Gasteiger charge is 2.08. The lowest BCUT2D eigenvalue weighted by Gasteiger charge is -2.07. The lowest BCUT2D eigenvalue weighted by molar-refractivity contribution is 0.482. The third-order valence-corrected chi connectivity index (χ3v) is 5.55. The van der Waals surface area contributed by atoms with Crippen molar-refractivity contribution in [1.29, 1.82) is 0 Å². The Morgan fingerprint density at radius 1 is 0.439 bits per heavy atom. The summed E-state index contributed by atoms with van der Waals surface area (Å²) < 4.78 is 0. The zero-order valence-corrected chi connectivity index (χ0v) is 26.4. The fourth-order valence-corrected chi connectivity index (χ4v) is 3.84. The molecule has 0 amide bonds. The average molecular weight is 551 g/mol. The number of aromatic hydroxyl groups is 1. The SMILES string of the molecule is CC.CC.CC.CC.Cc1cccc(N=Nc2ccc(N=Nc3ccc4ccccc4c3O)c3ccc(C)cc23)c1. The van der Waals surface area contributed by atoms with Gasteiger partial charge in [-0.3, -0.25) is 0 Å². The first-order valence-electron chi connectivity index (χ1n) is 14.7. The van der Waals surface area contributed by atoms with Gasteiger partial charge in [0, 0.05) is 16.2 Å². The maximum Gasteiger partial charge on any atom is 0.150 e. The summed E-state index contributed by atoms with van der Waals surface area (Å²) in [5.41, 5.74) is 4.97. The van der Waals surface area contributed by atoms with Crippen LogP contribution in [0, 0.1) is 13.8 Å². The molecule has 0 radical (unpaired) electrons. The molecule has 5 aromatic rings. The molecule has 0 fully saturated rings. The molecule has 0 unspecified atom stereocenters. The van der Waals surface area contributed by atoms with Crippen LogP contribution in [0.3, 0.4) is 0 Å². The topological polar surface area (TPSA) is 69.7 Å². The molecule has 0 atom stereocenters. The van der Waals surface area contributed by atoms with Gasteiger partial charge in [0.15, 0.2) is 5.75 Å². The van der Waals surface area contributed by atoms with Crippen LogP contribution in [-0.4, -0.2) is 5.11 Å². The molecule has 0 aromatic heterocycles. The number of phenolic OH excluding ortho intramolecular Hbond substituents is 1. The number of phenols is 1. The second kappa shape index (κ2) is 18.8. The van der Waals surface area contributed by atoms with E-state index < -0.39 is 0 Å². The highest BCUT2D eigenvalue weighted by molar-refractivity contribution is 6.00. The van der Waals surface area contributed by atoms with Crippen molar-refractivity contribution in [2.75, 3.05) is 0 Å². The zero-order chi connectivity index (χ0) is 30.8. The van der Waals surface area contributed by atoms with Crippen LogP contribution in [0.15, 0.2) is 111 Å². The van der Waals surface area contributed by atoms with E-state index >= 15 is 0 Å². The normalized spacial score (nSPS) is 10.1. The van der Waals surface area contributed by atoms with Crippen molar-refractivity contribution >= 4 is 44.3 Å². The van der Waals surface area contributed by atoms with E-state index in [4.69, 9.17) is 0 Å². The van der Waals surface area contributed by atoms with Gasteiger partial charge in [-0.15, -0.1) is 15.3 Å². The van der Waals surface area contributed by atoms with E-state index in [2.05, 4.69) is 26.5 Å². The van der Waals surface area contributed by atoms with E-state index in [1.54, 1.807) is 6.07 Å². The lowest BCUT2D eigenvalue weighted by Crippen LogP contribution is -1.79. The Morgan fingerprint density at radius 2 is 1.00 bits per heavy atom. The van der Waals surface area contributed by atoms with Crippen molar-refractivity contribution in [2.45, 2.75) is 69.2 Å². The smallest absolute Gasteiger partial charge is 0.150 e. The Morgan fingerprint density at radius 3 is 1.68 bits per heavy atom. The van der Waals surface area contributed by atoms with Gasteiger partial charge in [-0.25, -0.2) is 0 Å². The maximum absolute atomic E-state index is 10.6. The van der Waals surface area contributed by atoms with E-state index in [0.29, 0.717) is 11.4 Å². The number of benzene rings is 5. The van der Waals surface area contributed by atoms with Gasteiger partial charge in [0.2, 0.25) is 0 Å². The summed E-state index contributed by atoms with van der Waals surface area (Å²) in [6.45, 7) is 20.1. The van der Waals surface area contributed by atoms with Crippen LogP contribution in [-0.2, 0) is 0 Å². The number of nitrogens with zero attached hydrogens (tertiary/aromatic N) is 4. The van der Waals surface area contributed by atoms with Crippen LogP contribution in [0.2, 0.25) is 0 Å². The van der Waals surface area contributed by atoms with Gasteiger partial charge in [0.1, 0.15) is 5.69 Å². The summed E-state index contributed by atoms with van der Waals surface area (Å²) in [7, 11) is 0. The van der Waals surface area contributed by atoms with Gasteiger partial charge < -0.3 is 5.11 Å². The van der Waals surface area contributed by atoms with E-state index in [-0.39, 0.29) is 5.75 Å². The van der Waals surface area contributed by atoms with Crippen molar-refractivity contribution in [3.8, 4) is 5.75 Å². The van der Waals surface area contributed by atoms with Crippen LogP contribution < -0.4 is 0 Å². The Bertz CT molecular complexity index is 1550. The third kappa shape index (κ3) is 9.35. The molecule has 5 nitrogen and oxygen atoms in total. The minimum absolute atomic E-state index is 0.126. The van der Waals surface area contributed by atoms with Gasteiger partial charge in [-0.2, -0.15) is 5.11 Å². The summed E-state index contributed by atoms with van der Waals surface area (Å²) in [6, 6.07) is 29.2. The Hall–Kier alpha value is -4.38. The van der Waals surface area contributed by atoms with Gasteiger partial charge in [-0.1, -0.05) is 116 Å². The summed E-state index contributed by atoms with van der Waals surface area (Å²) in [4.78, 5) is 0. The Balaban J connectivity index is 0.000000969. The first-order chi connectivity index (χ1) is 20.1. The van der Waals surface area contributed by atoms with Gasteiger partial charge in [-0.05, 0) is 61.2 Å². The summed E-state index contributed by atoms with van der Waals surface area (Å²) in [6.07, 6.45) is 0. The van der Waals surface area contributed by atoms with Crippen molar-refractivity contribution < 1.29 is 5.11 Å². The monoisotopic (exact) mass is 550 g/mol. The molecule has 0 spiro atoms. The number of hydrogen-bond donors (Lipinski definition) is 1. The number of rotatable bonds is 4. The zero-order valence-electron chi connectivity index (χ0n) is 26.4. The van der Waals surface area contributed by atoms with E-state index in [0.717, 1.165) is 44.0 Å². The van der Waals surface area contributed by atoms with Crippen LogP contribution in [0.5, 0.6) is 5.75 Å². The largest absolute Gasteiger partial charge is 0.505 e. The van der Waals surface area contributed by atoms with Gasteiger partial charge in [0.25, 0.3) is 0 Å². The van der Waals surface area contributed by atoms with Gasteiger partial charge in [0.05, 0.1) is 17.1 Å². The summed E-state index contributed by atoms with van der Waals surface area (Å²) >= 11 is 0. The lowest BCUT2D eigenvalue weighted by atomic mass is 10.0. The molecule has 1 N–H and O–H groups in total. The summed E-state index contributed by atoms with van der Waals surface area (Å²) in [5, 5.41) is 32.0. The van der Waals surface area contributed by atoms with Crippen LogP contribution in [0.25, 0.3) is 21.5 Å². The quantitative estimate of drug-likeness (QED) is 0.222. The van der Waals surface area contributed by atoms with Crippen molar-refractivity contribution in [3.05, 3.63) is 102 Å². The van der Waals surface area contributed by atoms with E-state index in [1.165, 1.54) is 0 Å². The van der Waals surface area contributed by atoms with Crippen LogP contribution in [0.4, 0.5) is 22.7 Å². The molecule has 5 aromatic carbocycles. The molecule has 0 heterocycles. The Labute approximate surface area is 246 Å². The standard InChI is InChI=1S/C28H22N4O.4C2H6/c1-18-6-5-8-21(16-18)29-30-26-15-14-25(23-12-10-19(2)17-24(23)26)31-32-27-13-11-20-7-3-4-9-22(20)28(27)33;4*1-2/h3-17,33H,1-2H3;4*1-2H3. The van der Waals surface area contributed by atoms with Crippen molar-refractivity contribution in [1.82, 2.24) is 0 Å². The molecular formula is C36H46N4O. The predicted molar refractivity (Wildman–Crippen MR) is 179 cm³/mol. The number of azo groups is 2. The molecule has 0 aliphatic carbocycles. The second-order valence-corrected chi connectivity index (χ2v) is 8.05. The fourth-order valence-electron chi connectivity index (χ4n) is 3.84. The van der Waals surface area contributed by atoms with Crippen LogP contribution in [0.1, 0.15) is 66.5 Å². The third-order valence-electron chi connectivity index (χ3n) is 5.55. The minimum atomic E-state index is 0.126. The first-order valence-corrected chi connectivity index (χ1v) is 14.7. The predicted octanol–water partition coefficient (Wildman–Crippen LogP) is 13.3. The first kappa shape index (κ1) is 34.6. The van der Waals surface area contributed by atoms with Gasteiger partial charge >= 0.3 is 0 Å². The highest BCUT2D eigenvalue weighted by Crippen LogP contribution is 2.38. The van der Waals surface area contributed by atoms with Crippen molar-refractivity contribution in [3.63, 3.8) is 0 Å². The molecule has 5 rings (SSSR count). The number of hydrogen-bond acceptors (Lipinski definition) is 5. The molecule has 0 saturated carbocycles.